The van der Waals surface area contributed by atoms with Crippen LogP contribution in [0.5, 0.6) is 0 Å². The Bertz CT molecular complexity index is 975. The summed E-state index contributed by atoms with van der Waals surface area (Å²) >= 11 is 1.34. The van der Waals surface area contributed by atoms with E-state index in [9.17, 15) is 4.79 Å². The van der Waals surface area contributed by atoms with Crippen LogP contribution in [0.2, 0.25) is 0 Å². The number of nitrogens with zero attached hydrogens (tertiary/aromatic N) is 2. The van der Waals surface area contributed by atoms with Gasteiger partial charge in [-0.05, 0) is 40.9 Å². The van der Waals surface area contributed by atoms with E-state index in [-0.39, 0.29) is 5.91 Å². The Labute approximate surface area is 143 Å². The van der Waals surface area contributed by atoms with Gasteiger partial charge in [-0.1, -0.05) is 42.5 Å². The minimum Gasteiger partial charge on any atom is -0.300 e. The second-order valence-electron chi connectivity index (χ2n) is 5.27. The van der Waals surface area contributed by atoms with Crippen LogP contribution in [0.15, 0.2) is 76.9 Å². The van der Waals surface area contributed by atoms with E-state index in [0.29, 0.717) is 10.1 Å². The fourth-order valence-electron chi connectivity index (χ4n) is 2.51. The lowest BCUT2D eigenvalue weighted by molar-refractivity contribution is -0.115. The number of pyridine rings is 1. The average Bonchev–Trinajstić information content (AvgIpc) is 2.95. The second kappa shape index (κ2) is 6.29. The maximum Gasteiger partial charge on any atom is 0.264 e. The minimum absolute atomic E-state index is 0.136. The third-order valence-corrected chi connectivity index (χ3v) is 4.53. The second-order valence-corrected chi connectivity index (χ2v) is 6.30. The SMILES string of the molecule is O=C1NC(=Nc2cccc3ccccc23)SC1=Cc1cccnc1. The molecule has 1 N–H and O–H groups in total. The number of aliphatic imine (C=N–C) groups is 1. The van der Waals surface area contributed by atoms with Crippen molar-refractivity contribution in [3.8, 4) is 0 Å². The number of fused-ring (bicyclic) bond motifs is 1. The van der Waals surface area contributed by atoms with Gasteiger partial charge in [0.15, 0.2) is 5.17 Å². The number of carbonyl (C=O) groups excluding carboxylic acids is 1. The topological polar surface area (TPSA) is 54.4 Å². The molecule has 0 aliphatic carbocycles. The molecule has 1 saturated heterocycles. The Morgan fingerprint density at radius 3 is 2.79 bits per heavy atom. The van der Waals surface area contributed by atoms with Crippen LogP contribution >= 0.6 is 11.8 Å². The van der Waals surface area contributed by atoms with Crippen molar-refractivity contribution in [3.63, 3.8) is 0 Å². The summed E-state index contributed by atoms with van der Waals surface area (Å²) in [6.07, 6.45) is 5.25. The predicted molar refractivity (Wildman–Crippen MR) is 99.0 cm³/mol. The maximum atomic E-state index is 12.1. The molecule has 1 aromatic heterocycles. The minimum atomic E-state index is -0.136. The highest BCUT2D eigenvalue weighted by molar-refractivity contribution is 8.18. The van der Waals surface area contributed by atoms with Gasteiger partial charge in [0.2, 0.25) is 0 Å². The first kappa shape index (κ1) is 14.7. The summed E-state index contributed by atoms with van der Waals surface area (Å²) in [5, 5.41) is 5.60. The summed E-state index contributed by atoms with van der Waals surface area (Å²) in [6, 6.07) is 17.8. The summed E-state index contributed by atoms with van der Waals surface area (Å²) in [4.78, 5) is 21.4. The Morgan fingerprint density at radius 1 is 1.04 bits per heavy atom. The van der Waals surface area contributed by atoms with Gasteiger partial charge in [0, 0.05) is 17.8 Å². The zero-order chi connectivity index (χ0) is 16.4. The van der Waals surface area contributed by atoms with E-state index >= 15 is 0 Å². The molecular weight excluding hydrogens is 318 g/mol. The molecule has 1 amide bonds. The van der Waals surface area contributed by atoms with Gasteiger partial charge in [-0.15, -0.1) is 0 Å². The van der Waals surface area contributed by atoms with Crippen molar-refractivity contribution in [3.05, 3.63) is 77.5 Å². The number of hydrogen-bond acceptors (Lipinski definition) is 4. The Morgan fingerprint density at radius 2 is 1.92 bits per heavy atom. The average molecular weight is 331 g/mol. The molecule has 5 heteroatoms. The number of benzene rings is 2. The van der Waals surface area contributed by atoms with Gasteiger partial charge >= 0.3 is 0 Å². The number of hydrogen-bond donors (Lipinski definition) is 1. The highest BCUT2D eigenvalue weighted by atomic mass is 32.2. The zero-order valence-corrected chi connectivity index (χ0v) is 13.5. The number of thioether (sulfide) groups is 1. The molecular formula is C19H13N3OS. The first-order valence-electron chi connectivity index (χ1n) is 7.47. The maximum absolute atomic E-state index is 12.1. The standard InChI is InChI=1S/C19H13N3OS/c23-18-17(11-13-5-4-10-20-12-13)24-19(22-18)21-16-9-3-7-14-6-1-2-8-15(14)16/h1-12H,(H,21,22,23). The van der Waals surface area contributed by atoms with Crippen molar-refractivity contribution < 1.29 is 4.79 Å². The predicted octanol–water partition coefficient (Wildman–Crippen LogP) is 4.13. The molecule has 0 bridgehead atoms. The molecule has 1 fully saturated rings. The smallest absolute Gasteiger partial charge is 0.264 e. The zero-order valence-electron chi connectivity index (χ0n) is 12.6. The number of carbonyl (C=O) groups is 1. The van der Waals surface area contributed by atoms with Gasteiger partial charge in [-0.25, -0.2) is 4.99 Å². The summed E-state index contributed by atoms with van der Waals surface area (Å²) in [6.45, 7) is 0. The first-order valence-corrected chi connectivity index (χ1v) is 8.29. The summed E-state index contributed by atoms with van der Waals surface area (Å²) < 4.78 is 0. The fraction of sp³-hybridized carbons (Fsp3) is 0. The molecule has 24 heavy (non-hydrogen) atoms. The Hall–Kier alpha value is -2.92. The van der Waals surface area contributed by atoms with Crippen LogP contribution in [0.25, 0.3) is 16.8 Å². The van der Waals surface area contributed by atoms with E-state index in [1.807, 2.05) is 60.7 Å². The van der Waals surface area contributed by atoms with Gasteiger partial charge in [0.25, 0.3) is 5.91 Å². The third-order valence-electron chi connectivity index (χ3n) is 3.62. The van der Waals surface area contributed by atoms with Crippen molar-refractivity contribution in [1.29, 1.82) is 0 Å². The molecule has 0 saturated carbocycles. The highest BCUT2D eigenvalue weighted by Crippen LogP contribution is 2.31. The largest absolute Gasteiger partial charge is 0.300 e. The number of aromatic nitrogens is 1. The molecule has 0 spiro atoms. The number of nitrogens with one attached hydrogen (secondary N) is 1. The Kier molecular flexibility index (Phi) is 3.84. The molecule has 1 aliphatic heterocycles. The van der Waals surface area contributed by atoms with Gasteiger partial charge in [0.1, 0.15) is 0 Å². The molecule has 3 aromatic rings. The van der Waals surface area contributed by atoms with Crippen molar-refractivity contribution in [2.24, 2.45) is 4.99 Å². The van der Waals surface area contributed by atoms with Crippen molar-refractivity contribution in [2.45, 2.75) is 0 Å². The molecule has 0 radical (unpaired) electrons. The van der Waals surface area contributed by atoms with Crippen LogP contribution in [0.4, 0.5) is 5.69 Å². The third kappa shape index (κ3) is 2.94. The van der Waals surface area contributed by atoms with Crippen LogP contribution in [0.3, 0.4) is 0 Å². The number of amidine groups is 1. The monoisotopic (exact) mass is 331 g/mol. The molecule has 0 atom stereocenters. The molecule has 116 valence electrons. The van der Waals surface area contributed by atoms with Crippen molar-refractivity contribution in [1.82, 2.24) is 10.3 Å². The normalized spacial score (nSPS) is 17.6. The van der Waals surface area contributed by atoms with Gasteiger partial charge in [0.05, 0.1) is 10.6 Å². The quantitative estimate of drug-likeness (QED) is 0.719. The summed E-state index contributed by atoms with van der Waals surface area (Å²) in [5.74, 6) is -0.136. The molecule has 4 rings (SSSR count). The van der Waals surface area contributed by atoms with Crippen LogP contribution in [0.1, 0.15) is 5.56 Å². The number of amides is 1. The molecule has 1 aliphatic rings. The van der Waals surface area contributed by atoms with Crippen LogP contribution in [-0.4, -0.2) is 16.1 Å². The molecule has 0 unspecified atom stereocenters. The molecule has 2 heterocycles. The van der Waals surface area contributed by atoms with Crippen LogP contribution in [0, 0.1) is 0 Å². The van der Waals surface area contributed by atoms with Crippen molar-refractivity contribution in [2.75, 3.05) is 0 Å². The summed E-state index contributed by atoms with van der Waals surface area (Å²) in [5.41, 5.74) is 1.74. The van der Waals surface area contributed by atoms with E-state index in [1.54, 1.807) is 12.4 Å². The van der Waals surface area contributed by atoms with E-state index in [4.69, 9.17) is 0 Å². The molecule has 2 aromatic carbocycles. The highest BCUT2D eigenvalue weighted by Gasteiger charge is 2.23. The van der Waals surface area contributed by atoms with Gasteiger partial charge < -0.3 is 5.32 Å². The van der Waals surface area contributed by atoms with Crippen LogP contribution < -0.4 is 5.32 Å². The fourth-order valence-corrected chi connectivity index (χ4v) is 3.34. The lowest BCUT2D eigenvalue weighted by atomic mass is 10.1. The van der Waals surface area contributed by atoms with E-state index < -0.39 is 0 Å². The summed E-state index contributed by atoms with van der Waals surface area (Å²) in [7, 11) is 0. The first-order chi connectivity index (χ1) is 11.8. The molecule has 4 nitrogen and oxygen atoms in total. The van der Waals surface area contributed by atoms with Crippen molar-refractivity contribution >= 4 is 45.4 Å². The van der Waals surface area contributed by atoms with E-state index in [1.165, 1.54) is 11.8 Å². The lowest BCUT2D eigenvalue weighted by Gasteiger charge is -2.02. The van der Waals surface area contributed by atoms with Gasteiger partial charge in [-0.2, -0.15) is 0 Å². The van der Waals surface area contributed by atoms with Gasteiger partial charge in [-0.3, -0.25) is 9.78 Å². The van der Waals surface area contributed by atoms with E-state index in [2.05, 4.69) is 15.3 Å². The lowest BCUT2D eigenvalue weighted by Crippen LogP contribution is -2.19. The van der Waals surface area contributed by atoms with E-state index in [0.717, 1.165) is 22.0 Å². The van der Waals surface area contributed by atoms with Crippen LogP contribution in [-0.2, 0) is 4.79 Å². The number of rotatable bonds is 2. The Balaban J connectivity index is 1.67.